The van der Waals surface area contributed by atoms with Crippen molar-refractivity contribution in [2.24, 2.45) is 0 Å². The first-order chi connectivity index (χ1) is 7.72. The molecule has 0 aromatic heterocycles. The van der Waals surface area contributed by atoms with Crippen LogP contribution in [0.5, 0.6) is 0 Å². The highest BCUT2D eigenvalue weighted by molar-refractivity contribution is 7.53. The average Bonchev–Trinajstić information content (AvgIpc) is 2.11. The van der Waals surface area contributed by atoms with Gasteiger partial charge in [-0.3, -0.25) is 9.09 Å². The monoisotopic (exact) mass is 310 g/mol. The lowest BCUT2D eigenvalue weighted by Crippen LogP contribution is -2.38. The second kappa shape index (κ2) is 5.30. The van der Waals surface area contributed by atoms with E-state index in [1.807, 2.05) is 0 Å². The first kappa shape index (κ1) is 17.6. The second-order valence-electron chi connectivity index (χ2n) is 2.92. The van der Waals surface area contributed by atoms with Crippen LogP contribution >= 0.6 is 7.60 Å². The van der Waals surface area contributed by atoms with Crippen molar-refractivity contribution in [1.82, 2.24) is 0 Å². The first-order valence-corrected chi connectivity index (χ1v) is 5.91. The van der Waals surface area contributed by atoms with Crippen LogP contribution in [0, 0.1) is 0 Å². The fraction of sp³-hybridized carbons (Fsp3) is 1.00. The maximum atomic E-state index is 12.4. The summed E-state index contributed by atoms with van der Waals surface area (Å²) in [6.07, 6.45) is -18.2. The molecule has 0 heterocycles. The molecule has 110 valence electrons. The summed E-state index contributed by atoms with van der Waals surface area (Å²) in [5, 5.41) is 0. The minimum atomic E-state index is -6.21. The number of hydrogen-bond acceptors (Lipinski definition) is 3. The lowest BCUT2D eigenvalue weighted by molar-refractivity contribution is -0.363. The lowest BCUT2D eigenvalue weighted by Gasteiger charge is -2.24. The number of hydrogen-bond donors (Lipinski definition) is 0. The van der Waals surface area contributed by atoms with E-state index >= 15 is 0 Å². The zero-order valence-corrected chi connectivity index (χ0v) is 9.50. The molecule has 0 saturated heterocycles. The molecule has 0 aliphatic rings. The van der Waals surface area contributed by atoms with Gasteiger partial charge in [-0.2, -0.15) is 35.1 Å². The van der Waals surface area contributed by atoms with E-state index in [0.29, 0.717) is 0 Å². The molecule has 0 N–H and O–H groups in total. The van der Waals surface area contributed by atoms with Crippen LogP contribution in [0.15, 0.2) is 0 Å². The van der Waals surface area contributed by atoms with E-state index in [9.17, 15) is 39.7 Å². The second-order valence-corrected chi connectivity index (χ2v) is 5.22. The van der Waals surface area contributed by atoms with Crippen LogP contribution in [0.4, 0.5) is 35.1 Å². The van der Waals surface area contributed by atoms with Crippen LogP contribution in [-0.2, 0) is 13.6 Å². The minimum Gasteiger partial charge on any atom is -0.299 e. The molecular formula is C6H7F8O3P. The van der Waals surface area contributed by atoms with Crippen molar-refractivity contribution in [2.75, 3.05) is 12.8 Å². The van der Waals surface area contributed by atoms with E-state index in [4.69, 9.17) is 0 Å². The van der Waals surface area contributed by atoms with Crippen molar-refractivity contribution in [1.29, 1.82) is 0 Å². The first-order valence-electron chi connectivity index (χ1n) is 4.18. The van der Waals surface area contributed by atoms with E-state index in [1.165, 1.54) is 0 Å². The molecule has 1 atom stereocenters. The van der Waals surface area contributed by atoms with Crippen molar-refractivity contribution in [3.05, 3.63) is 0 Å². The van der Waals surface area contributed by atoms with E-state index < -0.39 is 38.8 Å². The molecule has 3 nitrogen and oxygen atoms in total. The van der Waals surface area contributed by atoms with Gasteiger partial charge in [-0.1, -0.05) is 6.92 Å². The number of alkyl halides is 8. The van der Waals surface area contributed by atoms with Gasteiger partial charge in [0.2, 0.25) is 0 Å². The molecule has 0 aromatic rings. The van der Waals surface area contributed by atoms with Crippen LogP contribution < -0.4 is 0 Å². The lowest BCUT2D eigenvalue weighted by atomic mass is 10.6. The number of rotatable bonds is 5. The molecule has 18 heavy (non-hydrogen) atoms. The molecule has 1 unspecified atom stereocenters. The Kier molecular flexibility index (Phi) is 5.18. The van der Waals surface area contributed by atoms with Gasteiger partial charge in [0, 0.05) is 6.16 Å². The molecule has 0 aromatic carbocycles. The standard InChI is InChI=1S/C6H7F8O3P/c1-2-18(15,16-3-4(7,8)9)17-6(13,14)5(10,11)12/h2-3H2,1H3. The Morgan fingerprint density at radius 3 is 1.72 bits per heavy atom. The Hall–Kier alpha value is -0.410. The zero-order chi connectivity index (χ0) is 14.8. The molecule has 0 fully saturated rings. The molecular weight excluding hydrogens is 303 g/mol. The molecule has 0 bridgehead atoms. The van der Waals surface area contributed by atoms with Gasteiger partial charge in [-0.25, -0.2) is 4.52 Å². The Morgan fingerprint density at radius 2 is 1.44 bits per heavy atom. The molecule has 0 spiro atoms. The molecule has 0 aliphatic heterocycles. The van der Waals surface area contributed by atoms with E-state index in [1.54, 1.807) is 0 Å². The highest BCUT2D eigenvalue weighted by Gasteiger charge is 2.62. The predicted molar refractivity (Wildman–Crippen MR) is 42.2 cm³/mol. The van der Waals surface area contributed by atoms with Gasteiger partial charge in [0.05, 0.1) is 0 Å². The summed E-state index contributed by atoms with van der Waals surface area (Å²) in [6, 6.07) is 0. The highest BCUT2D eigenvalue weighted by Crippen LogP contribution is 2.56. The maximum absolute atomic E-state index is 12.4. The Labute approximate surface area is 95.6 Å². The van der Waals surface area contributed by atoms with Crippen LogP contribution in [0.1, 0.15) is 6.92 Å². The molecule has 0 aliphatic carbocycles. The highest BCUT2D eigenvalue weighted by atomic mass is 31.2. The van der Waals surface area contributed by atoms with Crippen molar-refractivity contribution in [2.45, 2.75) is 25.4 Å². The normalized spacial score (nSPS) is 17.6. The SMILES string of the molecule is CCP(=O)(OCC(F)(F)F)OC(F)(F)C(F)(F)F. The van der Waals surface area contributed by atoms with Gasteiger partial charge in [0.1, 0.15) is 0 Å². The summed E-state index contributed by atoms with van der Waals surface area (Å²) in [6.45, 7) is -1.48. The molecule has 12 heteroatoms. The van der Waals surface area contributed by atoms with Crippen molar-refractivity contribution in [3.8, 4) is 0 Å². The van der Waals surface area contributed by atoms with Crippen molar-refractivity contribution >= 4 is 7.60 Å². The fourth-order valence-electron chi connectivity index (χ4n) is 0.580. The van der Waals surface area contributed by atoms with Gasteiger partial charge in [0.25, 0.3) is 0 Å². The Morgan fingerprint density at radius 1 is 1.00 bits per heavy atom. The fourth-order valence-corrected chi connectivity index (χ4v) is 1.74. The third-order valence-electron chi connectivity index (χ3n) is 1.40. The smallest absolute Gasteiger partial charge is 0.299 e. The summed E-state index contributed by atoms with van der Waals surface area (Å²) in [7, 11) is -5.20. The Balaban J connectivity index is 4.84. The summed E-state index contributed by atoms with van der Waals surface area (Å²) in [4.78, 5) is 0. The van der Waals surface area contributed by atoms with E-state index in [-0.39, 0.29) is 0 Å². The quantitative estimate of drug-likeness (QED) is 0.570. The minimum absolute atomic E-state index is 0.781. The van der Waals surface area contributed by atoms with Crippen LogP contribution in [0.3, 0.4) is 0 Å². The molecule has 0 amide bonds. The van der Waals surface area contributed by atoms with E-state index in [0.717, 1.165) is 6.92 Å². The Bertz CT molecular complexity index is 322. The van der Waals surface area contributed by atoms with Crippen LogP contribution in [-0.4, -0.2) is 31.2 Å². The average molecular weight is 310 g/mol. The van der Waals surface area contributed by atoms with Crippen molar-refractivity contribution in [3.63, 3.8) is 0 Å². The summed E-state index contributed by atoms with van der Waals surface area (Å²) >= 11 is 0. The summed E-state index contributed by atoms with van der Waals surface area (Å²) in [5.41, 5.74) is 0. The molecule has 0 saturated carbocycles. The van der Waals surface area contributed by atoms with Gasteiger partial charge in [-0.15, -0.1) is 0 Å². The largest absolute Gasteiger partial charge is 0.483 e. The van der Waals surface area contributed by atoms with Crippen LogP contribution in [0.25, 0.3) is 0 Å². The van der Waals surface area contributed by atoms with Gasteiger partial charge >= 0.3 is 26.1 Å². The topological polar surface area (TPSA) is 35.5 Å². The number of halogens is 8. The third-order valence-corrected chi connectivity index (χ3v) is 3.20. The predicted octanol–water partition coefficient (Wildman–Crippen LogP) is 3.95. The van der Waals surface area contributed by atoms with Gasteiger partial charge in [0.15, 0.2) is 6.61 Å². The molecule has 0 rings (SSSR count). The van der Waals surface area contributed by atoms with Gasteiger partial charge < -0.3 is 0 Å². The van der Waals surface area contributed by atoms with Crippen LogP contribution in [0.2, 0.25) is 0 Å². The van der Waals surface area contributed by atoms with E-state index in [2.05, 4.69) is 9.05 Å². The van der Waals surface area contributed by atoms with Crippen molar-refractivity contribution < 1.29 is 48.7 Å². The third kappa shape index (κ3) is 5.49. The molecule has 0 radical (unpaired) electrons. The van der Waals surface area contributed by atoms with Gasteiger partial charge in [-0.05, 0) is 0 Å². The summed E-state index contributed by atoms with van der Waals surface area (Å²) in [5.74, 6) is 0. The zero-order valence-electron chi connectivity index (χ0n) is 8.61. The summed E-state index contributed by atoms with van der Waals surface area (Å²) < 4.78 is 112. The maximum Gasteiger partial charge on any atom is 0.483 e.